The predicted molar refractivity (Wildman–Crippen MR) is 158 cm³/mol. The number of hydrogen-bond donors (Lipinski definition) is 2. The van der Waals surface area contributed by atoms with Crippen LogP contribution in [-0.2, 0) is 18.1 Å². The number of phosphoric acid groups is 1. The molecule has 6 rings (SSSR count). The van der Waals surface area contributed by atoms with E-state index < -0.39 is 13.9 Å². The third kappa shape index (κ3) is 5.38. The second kappa shape index (κ2) is 11.4. The molecule has 0 spiro atoms. The molecule has 13 atom stereocenters. The van der Waals surface area contributed by atoms with Crippen LogP contribution in [-0.4, -0.2) is 40.6 Å². The molecule has 2 heterocycles. The zero-order valence-electron chi connectivity index (χ0n) is 25.1. The molecule has 0 aromatic carbocycles. The highest BCUT2D eigenvalue weighted by molar-refractivity contribution is 7.48. The van der Waals surface area contributed by atoms with Gasteiger partial charge in [0, 0.05) is 12.6 Å². The first-order chi connectivity index (χ1) is 19.4. The number of nitrogens with zero attached hydrogens (tertiary/aromatic N) is 1. The quantitative estimate of drug-likeness (QED) is 0.253. The van der Waals surface area contributed by atoms with Crippen molar-refractivity contribution in [1.29, 1.82) is 0 Å². The SMILES string of the molecule is C[C@H](CCO[P@]1(=O)OCC[C@@H](c2ccnc(Cl)c2)O1)[C@H]1CCC2C3C(CC[C@@]21C)[C@@]1(C)CC[C@@H](O)CC1[C@@H](C)[C@H]3O. The molecule has 4 unspecified atom stereocenters. The predicted octanol–water partition coefficient (Wildman–Crippen LogP) is 7.60. The molecule has 1 aromatic heterocycles. The number of fused-ring (bicyclic) bond motifs is 5. The molecule has 0 bridgehead atoms. The number of phosphoric ester groups is 1. The minimum atomic E-state index is -3.66. The number of aromatic nitrogens is 1. The normalized spacial score (nSPS) is 48.6. The first-order valence-corrected chi connectivity index (χ1v) is 17.8. The lowest BCUT2D eigenvalue weighted by molar-refractivity contribution is -0.199. The monoisotopic (exact) mass is 609 g/mol. The van der Waals surface area contributed by atoms with Gasteiger partial charge in [-0.1, -0.05) is 39.3 Å². The number of halogens is 1. The highest BCUT2D eigenvalue weighted by atomic mass is 35.5. The van der Waals surface area contributed by atoms with Gasteiger partial charge in [-0.25, -0.2) is 9.55 Å². The number of pyridine rings is 1. The lowest BCUT2D eigenvalue weighted by atomic mass is 9.42. The zero-order valence-corrected chi connectivity index (χ0v) is 26.7. The molecule has 5 aliphatic rings. The maximum atomic E-state index is 13.3. The Bertz CT molecular complexity index is 1150. The molecule has 7 nitrogen and oxygen atoms in total. The van der Waals surface area contributed by atoms with Crippen molar-refractivity contribution in [3.63, 3.8) is 0 Å². The van der Waals surface area contributed by atoms with Crippen molar-refractivity contribution in [2.45, 2.75) is 104 Å². The van der Waals surface area contributed by atoms with Crippen molar-refractivity contribution >= 4 is 19.4 Å². The summed E-state index contributed by atoms with van der Waals surface area (Å²) in [5.41, 5.74) is 1.23. The summed E-state index contributed by atoms with van der Waals surface area (Å²) in [6, 6.07) is 3.56. The van der Waals surface area contributed by atoms with Crippen molar-refractivity contribution in [2.75, 3.05) is 13.2 Å². The van der Waals surface area contributed by atoms with E-state index in [4.69, 9.17) is 25.2 Å². The van der Waals surface area contributed by atoms with Gasteiger partial charge in [-0.3, -0.25) is 13.6 Å². The third-order valence-electron chi connectivity index (χ3n) is 12.7. The van der Waals surface area contributed by atoms with E-state index in [0.717, 1.165) is 31.2 Å². The van der Waals surface area contributed by atoms with E-state index in [0.29, 0.717) is 60.3 Å². The largest absolute Gasteiger partial charge is 0.475 e. The Morgan fingerprint density at radius 3 is 2.66 bits per heavy atom. The van der Waals surface area contributed by atoms with Crippen LogP contribution in [0.1, 0.15) is 97.1 Å². The Hall–Kier alpha value is -0.530. The van der Waals surface area contributed by atoms with E-state index in [9.17, 15) is 14.8 Å². The Morgan fingerprint density at radius 2 is 1.88 bits per heavy atom. The lowest BCUT2D eigenvalue weighted by Gasteiger charge is -2.64. The third-order valence-corrected chi connectivity index (χ3v) is 14.4. The van der Waals surface area contributed by atoms with E-state index in [1.165, 1.54) is 25.7 Å². The molecular formula is C32H49ClNO6P. The van der Waals surface area contributed by atoms with Crippen LogP contribution in [0.4, 0.5) is 0 Å². The van der Waals surface area contributed by atoms with Crippen LogP contribution in [0.25, 0.3) is 0 Å². The molecule has 9 heteroatoms. The van der Waals surface area contributed by atoms with E-state index in [1.807, 2.05) is 6.07 Å². The van der Waals surface area contributed by atoms with E-state index in [-0.39, 0.29) is 29.0 Å². The van der Waals surface area contributed by atoms with Crippen molar-refractivity contribution in [1.82, 2.24) is 4.98 Å². The molecule has 5 fully saturated rings. The summed E-state index contributed by atoms with van der Waals surface area (Å²) in [6.45, 7) is 10.2. The van der Waals surface area contributed by atoms with Crippen LogP contribution in [0.2, 0.25) is 5.15 Å². The Morgan fingerprint density at radius 1 is 1.12 bits per heavy atom. The van der Waals surface area contributed by atoms with Gasteiger partial charge in [0.1, 0.15) is 5.15 Å². The van der Waals surface area contributed by atoms with Crippen LogP contribution in [0.15, 0.2) is 18.3 Å². The van der Waals surface area contributed by atoms with E-state index >= 15 is 0 Å². The van der Waals surface area contributed by atoms with E-state index in [2.05, 4.69) is 32.7 Å². The molecule has 2 N–H and O–H groups in total. The van der Waals surface area contributed by atoms with Crippen molar-refractivity contribution < 1.29 is 28.3 Å². The van der Waals surface area contributed by atoms with Crippen LogP contribution in [0, 0.1) is 52.3 Å². The second-order valence-electron chi connectivity index (χ2n) is 14.6. The maximum Gasteiger partial charge on any atom is 0.475 e. The van der Waals surface area contributed by atoms with E-state index in [1.54, 1.807) is 12.3 Å². The molecule has 41 heavy (non-hydrogen) atoms. The smallest absolute Gasteiger partial charge is 0.393 e. The number of rotatable bonds is 6. The van der Waals surface area contributed by atoms with Crippen molar-refractivity contribution in [2.24, 2.45) is 52.3 Å². The van der Waals surface area contributed by atoms with Gasteiger partial charge in [0.05, 0.1) is 31.5 Å². The van der Waals surface area contributed by atoms with Gasteiger partial charge in [-0.05, 0) is 121 Å². The fourth-order valence-electron chi connectivity index (χ4n) is 10.6. The number of aliphatic hydroxyl groups excluding tert-OH is 2. The highest BCUT2D eigenvalue weighted by Crippen LogP contribution is 2.69. The summed E-state index contributed by atoms with van der Waals surface area (Å²) in [7, 11) is -3.66. The summed E-state index contributed by atoms with van der Waals surface area (Å²) in [5.74, 6) is 2.97. The van der Waals surface area contributed by atoms with Gasteiger partial charge >= 0.3 is 7.82 Å². The Kier molecular flexibility index (Phi) is 8.51. The lowest BCUT2D eigenvalue weighted by Crippen LogP contribution is -2.61. The minimum absolute atomic E-state index is 0.187. The summed E-state index contributed by atoms with van der Waals surface area (Å²) in [6.07, 6.45) is 9.62. The number of aliphatic hydroxyl groups is 2. The molecule has 1 aromatic rings. The van der Waals surface area contributed by atoms with Gasteiger partial charge in [-0.2, -0.15) is 0 Å². The van der Waals surface area contributed by atoms with Gasteiger partial charge in [-0.15, -0.1) is 0 Å². The van der Waals surface area contributed by atoms with Crippen molar-refractivity contribution in [3.8, 4) is 0 Å². The second-order valence-corrected chi connectivity index (χ2v) is 16.6. The van der Waals surface area contributed by atoms with Crippen LogP contribution < -0.4 is 0 Å². The van der Waals surface area contributed by atoms with Crippen LogP contribution in [0.3, 0.4) is 0 Å². The first kappa shape index (κ1) is 30.5. The van der Waals surface area contributed by atoms with Gasteiger partial charge in [0.25, 0.3) is 0 Å². The minimum Gasteiger partial charge on any atom is -0.393 e. The Balaban J connectivity index is 1.09. The average Bonchev–Trinajstić information content (AvgIpc) is 3.29. The summed E-state index contributed by atoms with van der Waals surface area (Å²) < 4.78 is 30.5. The first-order valence-electron chi connectivity index (χ1n) is 16.0. The summed E-state index contributed by atoms with van der Waals surface area (Å²) in [5, 5.41) is 22.6. The molecule has 1 aliphatic heterocycles. The van der Waals surface area contributed by atoms with Crippen LogP contribution in [0.5, 0.6) is 0 Å². The van der Waals surface area contributed by atoms with Crippen LogP contribution >= 0.6 is 19.4 Å². The maximum absolute atomic E-state index is 13.3. The molecule has 0 radical (unpaired) electrons. The standard InChI is InChI=1S/C32H49ClNO6P/c1-19(10-15-38-41(37)39-16-11-27(40-41)21-9-14-34-28(33)17-21)23-5-6-24-29-25(8-13-31(23,24)3)32(4)12-7-22(35)18-26(32)20(2)30(29)36/h9,14,17,19-20,22-27,29-30,35-36H,5-8,10-13,15-16,18H2,1-4H3/t19-,20-,22-,23-,24?,25?,26?,27+,29?,30-,31-,32-,41-/m1/s1. The Labute approximate surface area is 250 Å². The molecule has 4 saturated carbocycles. The summed E-state index contributed by atoms with van der Waals surface area (Å²) >= 11 is 6.05. The van der Waals surface area contributed by atoms with Gasteiger partial charge in [0.2, 0.25) is 0 Å². The molecule has 0 amide bonds. The molecular weight excluding hydrogens is 561 g/mol. The fraction of sp³-hybridized carbons (Fsp3) is 0.844. The van der Waals surface area contributed by atoms with Crippen molar-refractivity contribution in [3.05, 3.63) is 29.0 Å². The topological polar surface area (TPSA) is 98.1 Å². The molecule has 230 valence electrons. The fourth-order valence-corrected chi connectivity index (χ4v) is 12.2. The molecule has 1 saturated heterocycles. The average molecular weight is 610 g/mol. The zero-order chi connectivity index (χ0) is 29.2. The summed E-state index contributed by atoms with van der Waals surface area (Å²) in [4.78, 5) is 4.02. The highest BCUT2D eigenvalue weighted by Gasteiger charge is 2.64. The van der Waals surface area contributed by atoms with Gasteiger partial charge in [0.15, 0.2) is 0 Å². The molecule has 4 aliphatic carbocycles. The number of hydrogen-bond acceptors (Lipinski definition) is 7. The van der Waals surface area contributed by atoms with Gasteiger partial charge < -0.3 is 10.2 Å².